The summed E-state index contributed by atoms with van der Waals surface area (Å²) in [4.78, 5) is 15.5. The SMILES string of the molecule is Cn1nncc1C(=O)Nc1nccs1. The first-order chi connectivity index (χ1) is 6.77. The monoisotopic (exact) mass is 209 g/mol. The molecule has 0 aliphatic rings. The van der Waals surface area contributed by atoms with Crippen molar-refractivity contribution in [1.82, 2.24) is 20.0 Å². The third-order valence-electron chi connectivity index (χ3n) is 1.60. The predicted octanol–water partition coefficient (Wildman–Crippen LogP) is 0.524. The summed E-state index contributed by atoms with van der Waals surface area (Å²) in [5.74, 6) is -0.257. The average Bonchev–Trinajstić information content (AvgIpc) is 2.75. The zero-order chi connectivity index (χ0) is 9.97. The second kappa shape index (κ2) is 3.54. The molecule has 14 heavy (non-hydrogen) atoms. The van der Waals surface area contributed by atoms with Crippen LogP contribution in [0, 0.1) is 0 Å². The minimum Gasteiger partial charge on any atom is -0.296 e. The van der Waals surface area contributed by atoms with Crippen LogP contribution in [-0.4, -0.2) is 25.9 Å². The van der Waals surface area contributed by atoms with E-state index >= 15 is 0 Å². The van der Waals surface area contributed by atoms with Crippen LogP contribution in [0.1, 0.15) is 10.5 Å². The van der Waals surface area contributed by atoms with Crippen molar-refractivity contribution in [3.8, 4) is 0 Å². The van der Waals surface area contributed by atoms with Crippen molar-refractivity contribution >= 4 is 22.4 Å². The van der Waals surface area contributed by atoms with Gasteiger partial charge in [0.2, 0.25) is 0 Å². The quantitative estimate of drug-likeness (QED) is 0.782. The van der Waals surface area contributed by atoms with Crippen LogP contribution in [0.3, 0.4) is 0 Å². The van der Waals surface area contributed by atoms with Gasteiger partial charge in [0.1, 0.15) is 5.69 Å². The van der Waals surface area contributed by atoms with Gasteiger partial charge in [-0.1, -0.05) is 5.21 Å². The van der Waals surface area contributed by atoms with Gasteiger partial charge >= 0.3 is 0 Å². The van der Waals surface area contributed by atoms with Crippen LogP contribution >= 0.6 is 11.3 Å². The van der Waals surface area contributed by atoms with Crippen LogP contribution in [-0.2, 0) is 7.05 Å². The Morgan fingerprint density at radius 1 is 1.64 bits per heavy atom. The number of nitrogens with zero attached hydrogens (tertiary/aromatic N) is 4. The highest BCUT2D eigenvalue weighted by Gasteiger charge is 2.11. The molecule has 2 rings (SSSR count). The summed E-state index contributed by atoms with van der Waals surface area (Å²) in [5, 5.41) is 12.3. The lowest BCUT2D eigenvalue weighted by Gasteiger charge is -1.99. The van der Waals surface area contributed by atoms with Gasteiger partial charge < -0.3 is 0 Å². The lowest BCUT2D eigenvalue weighted by atomic mass is 10.4. The third kappa shape index (κ3) is 1.62. The number of carbonyl (C=O) groups excluding carboxylic acids is 1. The van der Waals surface area contributed by atoms with Gasteiger partial charge in [0.15, 0.2) is 5.13 Å². The number of thiazole rings is 1. The zero-order valence-electron chi connectivity index (χ0n) is 7.34. The van der Waals surface area contributed by atoms with Crippen LogP contribution in [0.25, 0.3) is 0 Å². The number of aromatic nitrogens is 4. The number of aryl methyl sites for hydroxylation is 1. The molecule has 6 nitrogen and oxygen atoms in total. The van der Waals surface area contributed by atoms with E-state index in [1.54, 1.807) is 18.6 Å². The van der Waals surface area contributed by atoms with Crippen LogP contribution in [0.2, 0.25) is 0 Å². The Balaban J connectivity index is 2.14. The van der Waals surface area contributed by atoms with Crippen molar-refractivity contribution in [2.24, 2.45) is 7.05 Å². The van der Waals surface area contributed by atoms with Crippen molar-refractivity contribution < 1.29 is 4.79 Å². The summed E-state index contributed by atoms with van der Waals surface area (Å²) in [6, 6.07) is 0. The highest BCUT2D eigenvalue weighted by molar-refractivity contribution is 7.13. The normalized spacial score (nSPS) is 10.1. The highest BCUT2D eigenvalue weighted by Crippen LogP contribution is 2.11. The van der Waals surface area contributed by atoms with Crippen molar-refractivity contribution in [1.29, 1.82) is 0 Å². The number of hydrogen-bond acceptors (Lipinski definition) is 5. The molecule has 0 atom stereocenters. The van der Waals surface area contributed by atoms with E-state index in [1.165, 1.54) is 22.2 Å². The predicted molar refractivity (Wildman–Crippen MR) is 51.1 cm³/mol. The Morgan fingerprint density at radius 2 is 2.50 bits per heavy atom. The molecular formula is C7H7N5OS. The summed E-state index contributed by atoms with van der Waals surface area (Å²) in [5.41, 5.74) is 0.403. The Kier molecular flexibility index (Phi) is 2.23. The van der Waals surface area contributed by atoms with Gasteiger partial charge in [0.05, 0.1) is 6.20 Å². The van der Waals surface area contributed by atoms with E-state index in [0.717, 1.165) is 0 Å². The maximum Gasteiger partial charge on any atom is 0.277 e. The van der Waals surface area contributed by atoms with E-state index in [1.807, 2.05) is 0 Å². The number of nitrogens with one attached hydrogen (secondary N) is 1. The number of rotatable bonds is 2. The molecule has 0 bridgehead atoms. The minimum atomic E-state index is -0.257. The molecule has 1 amide bonds. The topological polar surface area (TPSA) is 72.7 Å². The van der Waals surface area contributed by atoms with Crippen molar-refractivity contribution in [2.45, 2.75) is 0 Å². The summed E-state index contributed by atoms with van der Waals surface area (Å²) >= 11 is 1.36. The standard InChI is InChI=1S/C7H7N5OS/c1-12-5(4-9-11-12)6(13)10-7-8-2-3-14-7/h2-4H,1H3,(H,8,10,13). The molecule has 0 fully saturated rings. The molecule has 0 aliphatic carbocycles. The molecule has 0 unspecified atom stereocenters. The molecular weight excluding hydrogens is 202 g/mol. The van der Waals surface area contributed by atoms with E-state index in [9.17, 15) is 4.79 Å². The maximum absolute atomic E-state index is 11.5. The summed E-state index contributed by atoms with van der Waals surface area (Å²) in [6.07, 6.45) is 3.03. The lowest BCUT2D eigenvalue weighted by molar-refractivity contribution is 0.101. The van der Waals surface area contributed by atoms with E-state index in [0.29, 0.717) is 10.8 Å². The van der Waals surface area contributed by atoms with Crippen molar-refractivity contribution in [3.05, 3.63) is 23.5 Å². The summed E-state index contributed by atoms with van der Waals surface area (Å²) < 4.78 is 1.41. The molecule has 0 radical (unpaired) electrons. The van der Waals surface area contributed by atoms with Gasteiger partial charge in [-0.2, -0.15) is 0 Å². The molecule has 0 spiro atoms. The number of hydrogen-bond donors (Lipinski definition) is 1. The van der Waals surface area contributed by atoms with Crippen LogP contribution in [0.4, 0.5) is 5.13 Å². The maximum atomic E-state index is 11.5. The second-order valence-corrected chi connectivity index (χ2v) is 3.43. The molecule has 2 heterocycles. The first kappa shape index (κ1) is 8.82. The smallest absolute Gasteiger partial charge is 0.277 e. The van der Waals surface area contributed by atoms with E-state index in [4.69, 9.17) is 0 Å². The Labute approximate surface area is 83.6 Å². The Hall–Kier alpha value is -1.76. The summed E-state index contributed by atoms with van der Waals surface area (Å²) in [7, 11) is 1.66. The fourth-order valence-electron chi connectivity index (χ4n) is 0.942. The zero-order valence-corrected chi connectivity index (χ0v) is 8.15. The van der Waals surface area contributed by atoms with Crippen LogP contribution < -0.4 is 5.32 Å². The molecule has 0 aliphatic heterocycles. The van der Waals surface area contributed by atoms with Gasteiger partial charge in [-0.15, -0.1) is 16.4 Å². The Bertz CT molecular complexity index is 435. The molecule has 7 heteroatoms. The van der Waals surface area contributed by atoms with Crippen LogP contribution in [0.5, 0.6) is 0 Å². The first-order valence-electron chi connectivity index (χ1n) is 3.83. The van der Waals surface area contributed by atoms with Gasteiger partial charge in [-0.25, -0.2) is 9.67 Å². The van der Waals surface area contributed by atoms with Gasteiger partial charge in [0, 0.05) is 18.6 Å². The van der Waals surface area contributed by atoms with Gasteiger partial charge in [-0.05, 0) is 0 Å². The van der Waals surface area contributed by atoms with E-state index in [-0.39, 0.29) is 5.91 Å². The van der Waals surface area contributed by atoms with Crippen molar-refractivity contribution in [2.75, 3.05) is 5.32 Å². The van der Waals surface area contributed by atoms with Gasteiger partial charge in [0.25, 0.3) is 5.91 Å². The molecule has 0 aromatic carbocycles. The lowest BCUT2D eigenvalue weighted by Crippen LogP contribution is -2.15. The minimum absolute atomic E-state index is 0.257. The number of carbonyl (C=O) groups is 1. The third-order valence-corrected chi connectivity index (χ3v) is 2.29. The molecule has 0 saturated carbocycles. The van der Waals surface area contributed by atoms with Gasteiger partial charge in [-0.3, -0.25) is 10.1 Å². The van der Waals surface area contributed by atoms with Crippen molar-refractivity contribution in [3.63, 3.8) is 0 Å². The first-order valence-corrected chi connectivity index (χ1v) is 4.71. The van der Waals surface area contributed by atoms with Crippen LogP contribution in [0.15, 0.2) is 17.8 Å². The van der Waals surface area contributed by atoms with E-state index in [2.05, 4.69) is 20.6 Å². The highest BCUT2D eigenvalue weighted by atomic mass is 32.1. The Morgan fingerprint density at radius 3 is 3.07 bits per heavy atom. The molecule has 1 N–H and O–H groups in total. The fourth-order valence-corrected chi connectivity index (χ4v) is 1.47. The summed E-state index contributed by atoms with van der Waals surface area (Å²) in [6.45, 7) is 0. The number of anilines is 1. The largest absolute Gasteiger partial charge is 0.296 e. The fraction of sp³-hybridized carbons (Fsp3) is 0.143. The average molecular weight is 209 g/mol. The molecule has 0 saturated heterocycles. The second-order valence-electron chi connectivity index (χ2n) is 2.53. The molecule has 72 valence electrons. The van der Waals surface area contributed by atoms with E-state index < -0.39 is 0 Å². The molecule has 2 aromatic heterocycles. The number of amides is 1. The molecule has 2 aromatic rings.